The molecule has 1 amide bonds. The normalized spacial score (nSPS) is 20.8. The number of carbonyl (C=O) groups is 1. The average molecular weight is 405 g/mol. The molecule has 152 valence electrons. The van der Waals surface area contributed by atoms with Gasteiger partial charge in [-0.2, -0.15) is 4.31 Å². The minimum atomic E-state index is -3.54. The standard InChI is InChI=1S/C21H28N2O4S/c1-4-22(14-18-9-10-27-15-18)21(24)19-5-7-20(8-6-19)28(25,26)23-12-16(2)11-17(3)13-23/h5-10,15-17H,4,11-14H2,1-3H3. The molecule has 2 unspecified atom stereocenters. The van der Waals surface area contributed by atoms with Crippen LogP contribution in [0.15, 0.2) is 52.2 Å². The zero-order chi connectivity index (χ0) is 20.3. The molecule has 28 heavy (non-hydrogen) atoms. The van der Waals surface area contributed by atoms with Gasteiger partial charge in [-0.3, -0.25) is 4.79 Å². The summed E-state index contributed by atoms with van der Waals surface area (Å²) in [5.41, 5.74) is 1.40. The number of hydrogen-bond acceptors (Lipinski definition) is 4. The number of benzene rings is 1. The summed E-state index contributed by atoms with van der Waals surface area (Å²) in [4.78, 5) is 14.7. The van der Waals surface area contributed by atoms with Crippen molar-refractivity contribution in [1.82, 2.24) is 9.21 Å². The molecule has 6 nitrogen and oxygen atoms in total. The van der Waals surface area contributed by atoms with Crippen molar-refractivity contribution < 1.29 is 17.6 Å². The van der Waals surface area contributed by atoms with Crippen molar-refractivity contribution in [3.05, 3.63) is 54.0 Å². The van der Waals surface area contributed by atoms with E-state index in [-0.39, 0.29) is 10.8 Å². The summed E-state index contributed by atoms with van der Waals surface area (Å²) in [6.45, 7) is 8.17. The molecule has 2 atom stereocenters. The van der Waals surface area contributed by atoms with Crippen LogP contribution in [0.25, 0.3) is 0 Å². The summed E-state index contributed by atoms with van der Waals surface area (Å²) in [6.07, 6.45) is 4.24. The first-order chi connectivity index (χ1) is 13.3. The molecule has 1 saturated heterocycles. The van der Waals surface area contributed by atoms with Gasteiger partial charge in [0.1, 0.15) is 0 Å². The second-order valence-electron chi connectivity index (χ2n) is 7.74. The van der Waals surface area contributed by atoms with Crippen molar-refractivity contribution >= 4 is 15.9 Å². The summed E-state index contributed by atoms with van der Waals surface area (Å²) in [5, 5.41) is 0. The topological polar surface area (TPSA) is 70.8 Å². The highest BCUT2D eigenvalue weighted by Crippen LogP contribution is 2.27. The van der Waals surface area contributed by atoms with Gasteiger partial charge in [-0.15, -0.1) is 0 Å². The fourth-order valence-corrected chi connectivity index (χ4v) is 5.51. The van der Waals surface area contributed by atoms with E-state index in [0.717, 1.165) is 12.0 Å². The first-order valence-corrected chi connectivity index (χ1v) is 11.2. The van der Waals surface area contributed by atoms with Gasteiger partial charge in [0.2, 0.25) is 10.0 Å². The van der Waals surface area contributed by atoms with E-state index in [4.69, 9.17) is 4.42 Å². The molecule has 0 bridgehead atoms. The van der Waals surface area contributed by atoms with Gasteiger partial charge in [0.15, 0.2) is 0 Å². The highest BCUT2D eigenvalue weighted by molar-refractivity contribution is 7.89. The van der Waals surface area contributed by atoms with Crippen LogP contribution in [-0.2, 0) is 16.6 Å². The molecule has 1 aliphatic heterocycles. The van der Waals surface area contributed by atoms with E-state index in [1.807, 2.05) is 13.0 Å². The number of furan rings is 1. The molecule has 0 saturated carbocycles. The minimum absolute atomic E-state index is 0.132. The van der Waals surface area contributed by atoms with Gasteiger partial charge in [0, 0.05) is 37.3 Å². The van der Waals surface area contributed by atoms with E-state index in [9.17, 15) is 13.2 Å². The molecule has 1 aromatic heterocycles. The van der Waals surface area contributed by atoms with Gasteiger partial charge in [0.05, 0.1) is 17.4 Å². The van der Waals surface area contributed by atoms with Gasteiger partial charge in [-0.1, -0.05) is 13.8 Å². The Hall–Kier alpha value is -2.12. The van der Waals surface area contributed by atoms with Crippen molar-refractivity contribution in [2.45, 2.75) is 38.6 Å². The maximum Gasteiger partial charge on any atom is 0.254 e. The summed E-state index contributed by atoms with van der Waals surface area (Å²) < 4.78 is 32.6. The van der Waals surface area contributed by atoms with Gasteiger partial charge in [-0.05, 0) is 55.5 Å². The number of amides is 1. The molecule has 0 radical (unpaired) electrons. The van der Waals surface area contributed by atoms with Crippen LogP contribution in [0.2, 0.25) is 0 Å². The first-order valence-electron chi connectivity index (χ1n) is 9.71. The third-order valence-corrected chi connectivity index (χ3v) is 7.04. The van der Waals surface area contributed by atoms with Crippen LogP contribution in [0.4, 0.5) is 0 Å². The van der Waals surface area contributed by atoms with E-state index in [0.29, 0.717) is 43.6 Å². The van der Waals surface area contributed by atoms with Gasteiger partial charge in [0.25, 0.3) is 5.91 Å². The highest BCUT2D eigenvalue weighted by atomic mass is 32.2. The van der Waals surface area contributed by atoms with Gasteiger partial charge in [-0.25, -0.2) is 8.42 Å². The number of carbonyl (C=O) groups excluding carboxylic acids is 1. The molecule has 3 rings (SSSR count). The molecule has 2 aromatic rings. The molecule has 2 heterocycles. The molecule has 1 aromatic carbocycles. The lowest BCUT2D eigenvalue weighted by molar-refractivity contribution is 0.0752. The lowest BCUT2D eigenvalue weighted by atomic mass is 9.94. The molecule has 0 N–H and O–H groups in total. The summed E-state index contributed by atoms with van der Waals surface area (Å²) in [5.74, 6) is 0.564. The van der Waals surface area contributed by atoms with Crippen LogP contribution in [0, 0.1) is 11.8 Å². The fourth-order valence-electron chi connectivity index (χ4n) is 3.83. The van der Waals surface area contributed by atoms with E-state index in [2.05, 4.69) is 13.8 Å². The second-order valence-corrected chi connectivity index (χ2v) is 9.68. The molecule has 1 fully saturated rings. The molecule has 0 spiro atoms. The van der Waals surface area contributed by atoms with Crippen LogP contribution < -0.4 is 0 Å². The maximum absolute atomic E-state index is 13.0. The van der Waals surface area contributed by atoms with E-state index in [1.54, 1.807) is 33.9 Å². The smallest absolute Gasteiger partial charge is 0.254 e. The minimum Gasteiger partial charge on any atom is -0.472 e. The van der Waals surface area contributed by atoms with E-state index < -0.39 is 10.0 Å². The van der Waals surface area contributed by atoms with Crippen molar-refractivity contribution in [1.29, 1.82) is 0 Å². The predicted molar refractivity (Wildman–Crippen MR) is 107 cm³/mol. The molecular formula is C21H28N2O4S. The first kappa shape index (κ1) is 20.6. The van der Waals surface area contributed by atoms with Crippen LogP contribution in [0.5, 0.6) is 0 Å². The number of piperidine rings is 1. The quantitative estimate of drug-likeness (QED) is 0.737. The largest absolute Gasteiger partial charge is 0.472 e. The monoisotopic (exact) mass is 404 g/mol. The number of rotatable bonds is 6. The SMILES string of the molecule is CCN(Cc1ccoc1)C(=O)c1ccc(S(=O)(=O)N2CC(C)CC(C)C2)cc1. The Morgan fingerprint density at radius 1 is 1.14 bits per heavy atom. The zero-order valence-electron chi connectivity index (χ0n) is 16.7. The van der Waals surface area contributed by atoms with Gasteiger partial charge >= 0.3 is 0 Å². The Labute approximate surface area is 167 Å². The second kappa shape index (κ2) is 8.49. The lowest BCUT2D eigenvalue weighted by Gasteiger charge is -2.34. The Kier molecular flexibility index (Phi) is 6.25. The summed E-state index contributed by atoms with van der Waals surface area (Å²) >= 11 is 0. The van der Waals surface area contributed by atoms with Gasteiger partial charge < -0.3 is 9.32 Å². The summed E-state index contributed by atoms with van der Waals surface area (Å²) in [6, 6.07) is 8.11. The van der Waals surface area contributed by atoms with E-state index >= 15 is 0 Å². The Balaban J connectivity index is 1.75. The number of nitrogens with zero attached hydrogens (tertiary/aromatic N) is 2. The highest BCUT2D eigenvalue weighted by Gasteiger charge is 2.31. The number of hydrogen-bond donors (Lipinski definition) is 0. The van der Waals surface area contributed by atoms with E-state index in [1.165, 1.54) is 12.1 Å². The predicted octanol–water partition coefficient (Wildman–Crippen LogP) is 3.61. The van der Waals surface area contributed by atoms with Crippen LogP contribution >= 0.6 is 0 Å². The number of sulfonamides is 1. The van der Waals surface area contributed by atoms with Crippen molar-refractivity contribution in [3.8, 4) is 0 Å². The Morgan fingerprint density at radius 2 is 1.79 bits per heavy atom. The van der Waals surface area contributed by atoms with Crippen LogP contribution in [0.1, 0.15) is 43.1 Å². The van der Waals surface area contributed by atoms with Crippen molar-refractivity contribution in [2.75, 3.05) is 19.6 Å². The van der Waals surface area contributed by atoms with Crippen LogP contribution in [-0.4, -0.2) is 43.2 Å². The van der Waals surface area contributed by atoms with Crippen LogP contribution in [0.3, 0.4) is 0 Å². The third-order valence-electron chi connectivity index (χ3n) is 5.20. The summed E-state index contributed by atoms with van der Waals surface area (Å²) in [7, 11) is -3.54. The van der Waals surface area contributed by atoms with Crippen molar-refractivity contribution in [2.24, 2.45) is 11.8 Å². The Morgan fingerprint density at radius 3 is 2.32 bits per heavy atom. The van der Waals surface area contributed by atoms with Crippen molar-refractivity contribution in [3.63, 3.8) is 0 Å². The molecule has 1 aliphatic rings. The molecule has 7 heteroatoms. The Bertz CT molecular complexity index is 881. The lowest BCUT2D eigenvalue weighted by Crippen LogP contribution is -2.42. The molecular weight excluding hydrogens is 376 g/mol. The average Bonchev–Trinajstić information content (AvgIpc) is 3.18. The maximum atomic E-state index is 13.0. The third kappa shape index (κ3) is 4.47. The fraction of sp³-hybridized carbons (Fsp3) is 0.476. The molecule has 0 aliphatic carbocycles. The zero-order valence-corrected chi connectivity index (χ0v) is 17.5.